The van der Waals surface area contributed by atoms with Crippen molar-refractivity contribution in [2.45, 2.75) is 136 Å². The molecular formula is C98H105N3O10P2S. The number of aryl methyl sites for hydroxylation is 9. The summed E-state index contributed by atoms with van der Waals surface area (Å²) in [4.78, 5) is 91.8. The van der Waals surface area contributed by atoms with Crippen molar-refractivity contribution in [2.75, 3.05) is 45.3 Å². The third-order valence-electron chi connectivity index (χ3n) is 20.5. The van der Waals surface area contributed by atoms with Crippen LogP contribution in [0.15, 0.2) is 282 Å². The largest absolute Gasteiger partial charge is 0.378 e. The topological polar surface area (TPSA) is 174 Å². The third-order valence-corrected chi connectivity index (χ3v) is 27.0. The quantitative estimate of drug-likeness (QED) is 0.0119. The van der Waals surface area contributed by atoms with Crippen LogP contribution in [0, 0.1) is 62.3 Å². The molecule has 0 saturated carbocycles. The van der Waals surface area contributed by atoms with E-state index in [9.17, 15) is 37.9 Å². The zero-order chi connectivity index (χ0) is 82.1. The van der Waals surface area contributed by atoms with Crippen molar-refractivity contribution in [3.63, 3.8) is 0 Å². The van der Waals surface area contributed by atoms with E-state index in [0.29, 0.717) is 51.3 Å². The van der Waals surface area contributed by atoms with E-state index >= 15 is 0 Å². The van der Waals surface area contributed by atoms with Gasteiger partial charge in [-0.05, 0) is 214 Å². The molecule has 1 heterocycles. The molecule has 1 unspecified atom stereocenters. The monoisotopic (exact) mass is 1580 g/mol. The van der Waals surface area contributed by atoms with E-state index in [2.05, 4.69) is 53.1 Å². The standard InChI is InChI=1S/C27H27NO3S.C26H27O3P.C23H30N2O2.C22H21O2P/c1-2-3-4-11-16-25(28-31-27(30)22-12-7-5-8-13-22)26(29)21-17-19-24(20-18-21)32-23-14-9-6-10-15-23;1-16-12-18(3)23(19(4)13-16)25(27)30(29,22-10-8-7-9-11-22)26(28)24-20(5)14-17(2)15-21(24)6;1-4-23(24(2)3,18-19-8-6-5-7-9-19)22(26)20-10-12-21(13-11-20)25-14-16-27-17-15-25;1-16-14-17(2)21(18(3)15-16)22(23)25(24,19-10-6-4-7-11-19)20-12-8-5-9-13-20/h5-10,12-15,17-20H,2-4,11,16H2,1H3;7-15H,1-6H3;5-13H,4,14-18H2,1-3H3;4-15H,1-3H3/b28-25-;;;. The molecule has 16 heteroatoms. The van der Waals surface area contributed by atoms with Gasteiger partial charge in [-0.25, -0.2) is 4.79 Å². The Balaban J connectivity index is 0.000000175. The number of carbonyl (C=O) groups is 6. The lowest BCUT2D eigenvalue weighted by molar-refractivity contribution is 0.0513. The molecule has 11 aromatic rings. The highest BCUT2D eigenvalue weighted by atomic mass is 32.2. The van der Waals surface area contributed by atoms with Gasteiger partial charge in [0.15, 0.2) is 5.78 Å². The summed E-state index contributed by atoms with van der Waals surface area (Å²) in [5, 5.41) is 5.40. The van der Waals surface area contributed by atoms with E-state index in [1.807, 2.05) is 228 Å². The smallest absolute Gasteiger partial charge is 0.365 e. The molecule has 0 amide bonds. The predicted molar refractivity (Wildman–Crippen MR) is 468 cm³/mol. The van der Waals surface area contributed by atoms with Crippen LogP contribution in [-0.2, 0) is 25.1 Å². The molecule has 13 nitrogen and oxygen atoms in total. The number of anilines is 1. The lowest BCUT2D eigenvalue weighted by Gasteiger charge is -2.38. The number of Topliss-reactive ketones (excluding diaryl/α,β-unsaturated/α-hetero) is 2. The Morgan fingerprint density at radius 2 is 0.851 bits per heavy atom. The summed E-state index contributed by atoms with van der Waals surface area (Å²) < 4.78 is 34.1. The minimum absolute atomic E-state index is 0.187. The van der Waals surface area contributed by atoms with Gasteiger partial charge in [-0.15, -0.1) is 0 Å². The minimum atomic E-state index is -4.11. The lowest BCUT2D eigenvalue weighted by Crippen LogP contribution is -2.52. The summed E-state index contributed by atoms with van der Waals surface area (Å²) in [6.45, 7) is 24.6. The molecule has 0 aromatic heterocycles. The summed E-state index contributed by atoms with van der Waals surface area (Å²) >= 11 is 1.64. The van der Waals surface area contributed by atoms with Crippen LogP contribution in [-0.4, -0.2) is 90.7 Å². The van der Waals surface area contributed by atoms with E-state index in [1.165, 1.54) is 5.56 Å². The van der Waals surface area contributed by atoms with Gasteiger partial charge in [0.25, 0.3) is 0 Å². The normalized spacial score (nSPS) is 12.6. The Labute approximate surface area is 678 Å². The Hall–Kier alpha value is -10.6. The van der Waals surface area contributed by atoms with Gasteiger partial charge in [0.1, 0.15) is 5.71 Å². The molecule has 114 heavy (non-hydrogen) atoms. The lowest BCUT2D eigenvalue weighted by atomic mass is 9.80. The van der Waals surface area contributed by atoms with Crippen molar-refractivity contribution in [1.29, 1.82) is 0 Å². The second-order valence-electron chi connectivity index (χ2n) is 29.2. The maximum atomic E-state index is 14.5. The van der Waals surface area contributed by atoms with Gasteiger partial charge in [0, 0.05) is 72.3 Å². The molecule has 1 saturated heterocycles. The number of ether oxygens (including phenoxy) is 1. The number of oxime groups is 1. The number of unbranched alkanes of at least 4 members (excludes halogenated alkanes) is 3. The van der Waals surface area contributed by atoms with E-state index in [1.54, 1.807) is 103 Å². The van der Waals surface area contributed by atoms with Gasteiger partial charge >= 0.3 is 5.97 Å². The highest BCUT2D eigenvalue weighted by molar-refractivity contribution is 8.01. The minimum Gasteiger partial charge on any atom is -0.378 e. The summed E-state index contributed by atoms with van der Waals surface area (Å²) in [6.07, 6.45) is 5.97. The SMILES string of the molecule is CCC(Cc1ccccc1)(C(=O)c1ccc(N2CCOCC2)cc1)N(C)C.CCCCCC/C(=N/OC(=O)c1ccccc1)C(=O)c1ccc(Sc2ccccc2)cc1.Cc1cc(C)c(C(=O)P(=O)(C(=O)c2c(C)cc(C)cc2C)c2ccccc2)c(C)c1.Cc1cc(C)c(C(=O)P(=O)(c2ccccc2)c2ccccc2)c(C)c1. The number of hydrogen-bond donors (Lipinski definition) is 0. The summed E-state index contributed by atoms with van der Waals surface area (Å²) in [7, 11) is -3.55. The number of morpholine rings is 1. The van der Waals surface area contributed by atoms with Gasteiger partial charge in [0.2, 0.25) is 36.6 Å². The first-order valence-corrected chi connectivity index (χ1v) is 43.1. The second-order valence-corrected chi connectivity index (χ2v) is 35.6. The van der Waals surface area contributed by atoms with Crippen LogP contribution in [0.1, 0.15) is 170 Å². The first-order chi connectivity index (χ1) is 54.7. The van der Waals surface area contributed by atoms with Crippen LogP contribution in [0.25, 0.3) is 0 Å². The molecule has 0 N–H and O–H groups in total. The van der Waals surface area contributed by atoms with E-state index in [4.69, 9.17) is 9.57 Å². The van der Waals surface area contributed by atoms with Crippen molar-refractivity contribution in [3.05, 3.63) is 356 Å². The van der Waals surface area contributed by atoms with E-state index in [-0.39, 0.29) is 28.1 Å². The highest BCUT2D eigenvalue weighted by Gasteiger charge is 2.45. The molecule has 0 aliphatic carbocycles. The van der Waals surface area contributed by atoms with Crippen molar-refractivity contribution >= 4 is 87.5 Å². The Kier molecular flexibility index (Phi) is 31.8. The van der Waals surface area contributed by atoms with E-state index < -0.39 is 36.8 Å². The number of rotatable bonds is 27. The molecular weight excluding hydrogens is 1470 g/mol. The van der Waals surface area contributed by atoms with Crippen LogP contribution in [0.4, 0.5) is 5.69 Å². The third kappa shape index (κ3) is 21.8. The summed E-state index contributed by atoms with van der Waals surface area (Å²) in [6, 6.07) is 82.7. The molecule has 1 aliphatic heterocycles. The number of benzene rings is 11. The van der Waals surface area contributed by atoms with Crippen molar-refractivity contribution in [2.24, 2.45) is 5.16 Å². The second kappa shape index (κ2) is 41.5. The van der Waals surface area contributed by atoms with E-state index in [0.717, 1.165) is 130 Å². The molecule has 1 atom stereocenters. The molecule has 588 valence electrons. The molecule has 0 bridgehead atoms. The van der Waals surface area contributed by atoms with Gasteiger partial charge < -0.3 is 23.6 Å². The Morgan fingerprint density at radius 1 is 0.456 bits per heavy atom. The fraction of sp³-hybridized carbons (Fsp3) is 0.255. The van der Waals surface area contributed by atoms with Crippen LogP contribution < -0.4 is 20.8 Å². The van der Waals surface area contributed by atoms with Crippen molar-refractivity contribution < 1.29 is 47.5 Å². The van der Waals surface area contributed by atoms with Crippen LogP contribution >= 0.6 is 26.0 Å². The van der Waals surface area contributed by atoms with Gasteiger partial charge in [0.05, 0.1) is 24.3 Å². The zero-order valence-corrected chi connectivity index (χ0v) is 70.5. The number of hydrogen-bond acceptors (Lipinski definition) is 14. The number of ketones is 2. The number of nitrogens with zero attached hydrogens (tertiary/aromatic N) is 3. The molecule has 1 fully saturated rings. The number of carbonyl (C=O) groups excluding carboxylic acids is 6. The van der Waals surface area contributed by atoms with Crippen molar-refractivity contribution in [3.8, 4) is 0 Å². The first kappa shape index (κ1) is 87.4. The van der Waals surface area contributed by atoms with Gasteiger partial charge in [-0.2, -0.15) is 0 Å². The summed E-state index contributed by atoms with van der Waals surface area (Å²) in [5.41, 5.74) is 11.5. The fourth-order valence-corrected chi connectivity index (χ4v) is 20.7. The summed E-state index contributed by atoms with van der Waals surface area (Å²) in [5.74, 6) is -0.593. The molecule has 11 aromatic carbocycles. The van der Waals surface area contributed by atoms with Crippen LogP contribution in [0.2, 0.25) is 0 Å². The molecule has 1 aliphatic rings. The maximum absolute atomic E-state index is 14.5. The molecule has 0 spiro atoms. The average Bonchev–Trinajstić information content (AvgIpc) is 0.756. The average molecular weight is 1580 g/mol. The molecule has 0 radical (unpaired) electrons. The number of likely N-dealkylation sites (N-methyl/N-ethyl adjacent to an activating group) is 1. The molecule has 12 rings (SSSR count). The van der Waals surface area contributed by atoms with Crippen LogP contribution in [0.5, 0.6) is 0 Å². The van der Waals surface area contributed by atoms with Gasteiger partial charge in [-0.1, -0.05) is 261 Å². The first-order valence-electron chi connectivity index (χ1n) is 38.9. The zero-order valence-electron chi connectivity index (χ0n) is 67.9. The van der Waals surface area contributed by atoms with Gasteiger partial charge in [-0.3, -0.25) is 28.9 Å². The fourth-order valence-electron chi connectivity index (χ4n) is 14.6. The Morgan fingerprint density at radius 3 is 1.28 bits per heavy atom. The van der Waals surface area contributed by atoms with Crippen LogP contribution in [0.3, 0.4) is 0 Å². The Bertz CT molecular complexity index is 5060. The highest BCUT2D eigenvalue weighted by Crippen LogP contribution is 2.53. The van der Waals surface area contributed by atoms with Crippen molar-refractivity contribution in [1.82, 2.24) is 4.90 Å². The predicted octanol–water partition coefficient (Wildman–Crippen LogP) is 21.8. The maximum Gasteiger partial charge on any atom is 0.365 e.